The molecule has 0 spiro atoms. The number of benzene rings is 9. The molecule has 9 aromatic carbocycles. The molecule has 0 amide bonds. The van der Waals surface area contributed by atoms with Gasteiger partial charge in [-0.1, -0.05) is 127 Å². The van der Waals surface area contributed by atoms with E-state index in [2.05, 4.69) is 204 Å². The molecule has 248 valence electrons. The first-order valence-electron chi connectivity index (χ1n) is 18.1. The molecule has 0 aliphatic carbocycles. The Morgan fingerprint density at radius 2 is 1.06 bits per heavy atom. The van der Waals surface area contributed by atoms with Gasteiger partial charge in [-0.2, -0.15) is 0 Å². The van der Waals surface area contributed by atoms with E-state index in [-0.39, 0.29) is 0 Å². The van der Waals surface area contributed by atoms with Gasteiger partial charge in [0.1, 0.15) is 11.2 Å². The van der Waals surface area contributed by atoms with E-state index in [0.717, 1.165) is 55.8 Å². The highest BCUT2D eigenvalue weighted by Gasteiger charge is 2.22. The van der Waals surface area contributed by atoms with Crippen molar-refractivity contribution < 1.29 is 4.42 Å². The normalized spacial score (nSPS) is 11.8. The molecule has 0 N–H and O–H groups in total. The third-order valence-electron chi connectivity index (χ3n) is 10.7. The van der Waals surface area contributed by atoms with Gasteiger partial charge in [-0.05, 0) is 99.4 Å². The maximum absolute atomic E-state index is 6.61. The predicted octanol–water partition coefficient (Wildman–Crippen LogP) is 14.1. The first-order valence-corrected chi connectivity index (χ1v) is 18.1. The molecule has 3 heteroatoms. The highest BCUT2D eigenvalue weighted by atomic mass is 16.3. The monoisotopic (exact) mass is 676 g/mol. The molecule has 0 bridgehead atoms. The Hall–Kier alpha value is -7.10. The van der Waals surface area contributed by atoms with E-state index in [1.807, 2.05) is 0 Å². The molecule has 0 atom stereocenters. The molecule has 0 radical (unpaired) electrons. The lowest BCUT2D eigenvalue weighted by atomic mass is 10.0. The van der Waals surface area contributed by atoms with E-state index < -0.39 is 0 Å². The summed E-state index contributed by atoms with van der Waals surface area (Å²) in [7, 11) is 0. The number of rotatable bonds is 5. The van der Waals surface area contributed by atoms with E-state index in [4.69, 9.17) is 4.42 Å². The Balaban J connectivity index is 1.20. The number of hydrogen-bond acceptors (Lipinski definition) is 2. The summed E-state index contributed by atoms with van der Waals surface area (Å²) in [6, 6.07) is 69.9. The van der Waals surface area contributed by atoms with Crippen LogP contribution in [0, 0.1) is 0 Å². The molecule has 0 unspecified atom stereocenters. The van der Waals surface area contributed by atoms with Gasteiger partial charge in [-0.15, -0.1) is 0 Å². The summed E-state index contributed by atoms with van der Waals surface area (Å²) in [6.07, 6.45) is 0. The van der Waals surface area contributed by atoms with E-state index >= 15 is 0 Å². The Bertz CT molecular complexity index is 3190. The molecule has 0 saturated carbocycles. The minimum absolute atomic E-state index is 0.864. The first-order chi connectivity index (χ1) is 26.3. The number of furan rings is 1. The fourth-order valence-electron chi connectivity index (χ4n) is 8.25. The molecule has 2 aromatic heterocycles. The summed E-state index contributed by atoms with van der Waals surface area (Å²) < 4.78 is 9.02. The van der Waals surface area contributed by atoms with Crippen molar-refractivity contribution in [2.75, 3.05) is 4.90 Å². The number of nitrogens with zero attached hydrogens (tertiary/aromatic N) is 2. The molecule has 11 rings (SSSR count). The van der Waals surface area contributed by atoms with E-state index in [0.29, 0.717) is 0 Å². The second-order valence-corrected chi connectivity index (χ2v) is 13.8. The molecule has 0 fully saturated rings. The number of anilines is 3. The van der Waals surface area contributed by atoms with Crippen molar-refractivity contribution >= 4 is 82.4 Å². The van der Waals surface area contributed by atoms with Crippen molar-refractivity contribution in [2.45, 2.75) is 0 Å². The molecule has 3 nitrogen and oxygen atoms in total. The average molecular weight is 677 g/mol. The van der Waals surface area contributed by atoms with Gasteiger partial charge in [-0.25, -0.2) is 0 Å². The Kier molecular flexibility index (Phi) is 6.55. The average Bonchev–Trinajstić information content (AvgIpc) is 3.75. The predicted molar refractivity (Wildman–Crippen MR) is 223 cm³/mol. The van der Waals surface area contributed by atoms with Gasteiger partial charge in [0.05, 0.1) is 22.1 Å². The smallest absolute Gasteiger partial charge is 0.137 e. The molecule has 11 aromatic rings. The number of fused-ring (bicyclic) bond motifs is 8. The van der Waals surface area contributed by atoms with Crippen LogP contribution in [0.1, 0.15) is 0 Å². The summed E-state index contributed by atoms with van der Waals surface area (Å²) in [5.74, 6) is 0. The summed E-state index contributed by atoms with van der Waals surface area (Å²) >= 11 is 0. The molecule has 0 aliphatic rings. The van der Waals surface area contributed by atoms with E-state index in [1.165, 1.54) is 43.4 Å². The second-order valence-electron chi connectivity index (χ2n) is 13.8. The van der Waals surface area contributed by atoms with Gasteiger partial charge in [0.15, 0.2) is 0 Å². The van der Waals surface area contributed by atoms with E-state index in [9.17, 15) is 0 Å². The van der Waals surface area contributed by atoms with Gasteiger partial charge in [0.2, 0.25) is 0 Å². The van der Waals surface area contributed by atoms with Crippen LogP contribution in [0.3, 0.4) is 0 Å². The minimum atomic E-state index is 0.864. The molecular formula is C50H32N2O. The van der Waals surface area contributed by atoms with Crippen LogP contribution in [0.25, 0.3) is 82.1 Å². The van der Waals surface area contributed by atoms with Crippen LogP contribution in [-0.4, -0.2) is 4.57 Å². The third kappa shape index (κ3) is 4.75. The summed E-state index contributed by atoms with van der Waals surface area (Å²) in [5.41, 5.74) is 10.8. The second kappa shape index (κ2) is 11.7. The molecule has 53 heavy (non-hydrogen) atoms. The van der Waals surface area contributed by atoms with Crippen LogP contribution in [0.4, 0.5) is 17.1 Å². The Morgan fingerprint density at radius 3 is 1.92 bits per heavy atom. The number of aromatic nitrogens is 1. The van der Waals surface area contributed by atoms with Gasteiger partial charge in [0.25, 0.3) is 0 Å². The summed E-state index contributed by atoms with van der Waals surface area (Å²) in [6.45, 7) is 0. The molecule has 2 heterocycles. The standard InChI is InChI=1S/C50H32N2O/c1-2-12-33(13-3-1)36-18-10-19-39(28-36)51(46-22-11-23-48-50(46)44-30-37-16-6-7-17-38(37)31-49(44)53-48)41-26-27-43-42-20-8-9-21-45(42)52(47(43)32-41)40-25-24-34-14-4-5-15-35(34)29-40/h1-32H. The van der Waals surface area contributed by atoms with Crippen LogP contribution in [0.15, 0.2) is 199 Å². The highest BCUT2D eigenvalue weighted by molar-refractivity contribution is 6.17. The Morgan fingerprint density at radius 1 is 0.377 bits per heavy atom. The zero-order valence-corrected chi connectivity index (χ0v) is 28.8. The zero-order valence-electron chi connectivity index (χ0n) is 28.8. The SMILES string of the molecule is c1ccc(-c2cccc(N(c3ccc4c5ccccc5n(-c5ccc6ccccc6c5)c4c3)c3cccc4oc5cc6ccccc6cc5c34)c2)cc1. The van der Waals surface area contributed by atoms with Gasteiger partial charge in [-0.3, -0.25) is 0 Å². The van der Waals surface area contributed by atoms with Crippen molar-refractivity contribution in [1.82, 2.24) is 4.57 Å². The van der Waals surface area contributed by atoms with Gasteiger partial charge < -0.3 is 13.9 Å². The maximum atomic E-state index is 6.61. The fraction of sp³-hybridized carbons (Fsp3) is 0. The summed E-state index contributed by atoms with van der Waals surface area (Å²) in [5, 5.41) is 9.45. The third-order valence-corrected chi connectivity index (χ3v) is 10.7. The van der Waals surface area contributed by atoms with E-state index in [1.54, 1.807) is 0 Å². The van der Waals surface area contributed by atoms with Crippen molar-refractivity contribution in [3.63, 3.8) is 0 Å². The van der Waals surface area contributed by atoms with Gasteiger partial charge in [0, 0.05) is 33.2 Å². The quantitative estimate of drug-likeness (QED) is 0.181. The lowest BCUT2D eigenvalue weighted by molar-refractivity contribution is 0.669. The number of hydrogen-bond donors (Lipinski definition) is 0. The molecular weight excluding hydrogens is 645 g/mol. The van der Waals surface area contributed by atoms with Crippen molar-refractivity contribution in [3.05, 3.63) is 194 Å². The maximum Gasteiger partial charge on any atom is 0.137 e. The minimum Gasteiger partial charge on any atom is -0.456 e. The van der Waals surface area contributed by atoms with Gasteiger partial charge >= 0.3 is 0 Å². The molecule has 0 aliphatic heterocycles. The summed E-state index contributed by atoms with van der Waals surface area (Å²) in [4.78, 5) is 2.40. The molecule has 0 saturated heterocycles. The first kappa shape index (κ1) is 29.6. The van der Waals surface area contributed by atoms with Crippen LogP contribution in [-0.2, 0) is 0 Å². The lowest BCUT2D eigenvalue weighted by Crippen LogP contribution is -2.10. The largest absolute Gasteiger partial charge is 0.456 e. The highest BCUT2D eigenvalue weighted by Crippen LogP contribution is 2.46. The fourth-order valence-corrected chi connectivity index (χ4v) is 8.25. The number of para-hydroxylation sites is 1. The van der Waals surface area contributed by atoms with Crippen LogP contribution in [0.5, 0.6) is 0 Å². The Labute approximate surface area is 306 Å². The van der Waals surface area contributed by atoms with Crippen molar-refractivity contribution in [3.8, 4) is 16.8 Å². The van der Waals surface area contributed by atoms with Crippen LogP contribution >= 0.6 is 0 Å². The van der Waals surface area contributed by atoms with Crippen molar-refractivity contribution in [2.24, 2.45) is 0 Å². The van der Waals surface area contributed by atoms with Crippen LogP contribution in [0.2, 0.25) is 0 Å². The van der Waals surface area contributed by atoms with Crippen molar-refractivity contribution in [1.29, 1.82) is 0 Å². The topological polar surface area (TPSA) is 21.3 Å². The zero-order chi connectivity index (χ0) is 34.9. The lowest BCUT2D eigenvalue weighted by Gasteiger charge is -2.27. The van der Waals surface area contributed by atoms with Crippen LogP contribution < -0.4 is 4.90 Å².